The first-order chi connectivity index (χ1) is 17.9. The third-order valence-corrected chi connectivity index (χ3v) is 7.44. The molecule has 0 radical (unpaired) electrons. The Hall–Kier alpha value is -3.82. The van der Waals surface area contributed by atoms with Gasteiger partial charge in [0.1, 0.15) is 16.7 Å². The van der Waals surface area contributed by atoms with E-state index in [2.05, 4.69) is 16.7 Å². The van der Waals surface area contributed by atoms with Gasteiger partial charge >= 0.3 is 12.1 Å². The number of carbonyl (C=O) groups is 4. The highest BCUT2D eigenvalue weighted by molar-refractivity contribution is 8.00. The smallest absolute Gasteiger partial charge is 0.410 e. The quantitative estimate of drug-likeness (QED) is 0.331. The van der Waals surface area contributed by atoms with Crippen LogP contribution in [0.2, 0.25) is 0 Å². The molecule has 0 saturated heterocycles. The van der Waals surface area contributed by atoms with Crippen molar-refractivity contribution in [2.45, 2.75) is 56.4 Å². The predicted molar refractivity (Wildman–Crippen MR) is 145 cm³/mol. The molecule has 3 N–H and O–H groups in total. The molecule has 2 aromatic rings. The van der Waals surface area contributed by atoms with Crippen molar-refractivity contribution in [3.8, 4) is 6.07 Å². The Morgan fingerprint density at radius 1 is 1.24 bits per heavy atom. The van der Waals surface area contributed by atoms with Gasteiger partial charge in [0.15, 0.2) is 0 Å². The molecule has 1 aliphatic heterocycles. The minimum Gasteiger partial charge on any atom is -0.478 e. The lowest BCUT2D eigenvalue weighted by molar-refractivity contribution is -0.131. The van der Waals surface area contributed by atoms with E-state index in [1.165, 1.54) is 23.1 Å². The lowest BCUT2D eigenvalue weighted by atomic mass is 10.0. The normalized spacial score (nSPS) is 13.8. The van der Waals surface area contributed by atoms with E-state index < -0.39 is 28.8 Å². The van der Waals surface area contributed by atoms with E-state index in [0.717, 1.165) is 22.6 Å². The molecule has 38 heavy (non-hydrogen) atoms. The minimum atomic E-state index is -1.23. The van der Waals surface area contributed by atoms with Crippen molar-refractivity contribution >= 4 is 57.7 Å². The average Bonchev–Trinajstić information content (AvgIpc) is 3.17. The number of carboxylic acids is 1. The third kappa shape index (κ3) is 7.84. The van der Waals surface area contributed by atoms with Crippen molar-refractivity contribution in [1.82, 2.24) is 4.90 Å². The highest BCUT2D eigenvalue weighted by Crippen LogP contribution is 2.37. The van der Waals surface area contributed by atoms with Crippen molar-refractivity contribution in [1.29, 1.82) is 5.26 Å². The van der Waals surface area contributed by atoms with E-state index in [9.17, 15) is 24.4 Å². The van der Waals surface area contributed by atoms with Crippen LogP contribution in [0.4, 0.5) is 15.5 Å². The summed E-state index contributed by atoms with van der Waals surface area (Å²) in [6, 6.07) is 9.02. The van der Waals surface area contributed by atoms with Gasteiger partial charge in [-0.3, -0.25) is 9.59 Å². The zero-order chi connectivity index (χ0) is 28.0. The molecule has 1 unspecified atom stereocenters. The fourth-order valence-electron chi connectivity index (χ4n) is 3.54. The van der Waals surface area contributed by atoms with Crippen LogP contribution in [-0.2, 0) is 32.1 Å². The maximum Gasteiger partial charge on any atom is 0.410 e. The Kier molecular flexibility index (Phi) is 9.19. The van der Waals surface area contributed by atoms with E-state index in [0.29, 0.717) is 40.7 Å². The number of hydrogen-bond donors (Lipinski definition) is 3. The number of fused-ring (bicyclic) bond motifs is 1. The lowest BCUT2D eigenvalue weighted by Gasteiger charge is -2.29. The van der Waals surface area contributed by atoms with Crippen molar-refractivity contribution in [2.75, 3.05) is 17.2 Å². The molecule has 1 aliphatic rings. The van der Waals surface area contributed by atoms with Gasteiger partial charge in [0.25, 0.3) is 0 Å². The fraction of sp³-hybridized carbons (Fsp3) is 0.346. The van der Waals surface area contributed by atoms with Gasteiger partial charge < -0.3 is 25.4 Å². The summed E-state index contributed by atoms with van der Waals surface area (Å²) in [5, 5.41) is 23.8. The van der Waals surface area contributed by atoms with Crippen LogP contribution in [-0.4, -0.2) is 51.3 Å². The molecule has 1 aromatic carbocycles. The standard InChI is InChI=1S/C26H28N4O6S2/c1-15(37-17-7-5-6-16(12-17)28-21(31)8-9-22(32)33)23(34)29-24-19(13-27)18-10-11-30(14-20(18)38-24)25(35)36-26(2,3)4/h5-9,12,15H,10-11,14H2,1-4H3,(H,28,31)(H,29,34)(H,32,33)/b9-8+. The first kappa shape index (κ1) is 28.7. The van der Waals surface area contributed by atoms with Gasteiger partial charge in [-0.1, -0.05) is 6.07 Å². The molecule has 200 valence electrons. The Labute approximate surface area is 228 Å². The summed E-state index contributed by atoms with van der Waals surface area (Å²) in [7, 11) is 0. The molecule has 1 atom stereocenters. The molecule has 1 aromatic heterocycles. The zero-order valence-electron chi connectivity index (χ0n) is 21.4. The first-order valence-electron chi connectivity index (χ1n) is 11.7. The summed E-state index contributed by atoms with van der Waals surface area (Å²) in [6.45, 7) is 7.87. The number of hydrogen-bond acceptors (Lipinski definition) is 8. The van der Waals surface area contributed by atoms with Gasteiger partial charge in [-0.15, -0.1) is 23.1 Å². The minimum absolute atomic E-state index is 0.298. The largest absolute Gasteiger partial charge is 0.478 e. The topological polar surface area (TPSA) is 149 Å². The summed E-state index contributed by atoms with van der Waals surface area (Å²) in [5.41, 5.74) is 1.10. The molecule has 10 nitrogen and oxygen atoms in total. The number of aliphatic carboxylic acids is 1. The summed E-state index contributed by atoms with van der Waals surface area (Å²) in [5.74, 6) is -2.11. The molecule has 12 heteroatoms. The van der Waals surface area contributed by atoms with Gasteiger partial charge in [-0.25, -0.2) is 9.59 Å². The third-order valence-electron chi connectivity index (χ3n) is 5.22. The Morgan fingerprint density at radius 2 is 1.97 bits per heavy atom. The van der Waals surface area contributed by atoms with Crippen LogP contribution in [0.25, 0.3) is 0 Å². The van der Waals surface area contributed by atoms with Crippen LogP contribution < -0.4 is 10.6 Å². The summed E-state index contributed by atoms with van der Waals surface area (Å²) in [4.78, 5) is 51.0. The van der Waals surface area contributed by atoms with Crippen LogP contribution in [0.5, 0.6) is 0 Å². The number of carbonyl (C=O) groups excluding carboxylic acids is 3. The van der Waals surface area contributed by atoms with Crippen molar-refractivity contribution in [3.05, 3.63) is 52.4 Å². The fourth-order valence-corrected chi connectivity index (χ4v) is 5.68. The number of anilines is 2. The Balaban J connectivity index is 1.66. The second-order valence-corrected chi connectivity index (χ2v) is 11.9. The summed E-state index contributed by atoms with van der Waals surface area (Å²) < 4.78 is 5.46. The number of ether oxygens (including phenoxy) is 1. The number of thioether (sulfide) groups is 1. The van der Waals surface area contributed by atoms with E-state index in [1.54, 1.807) is 56.9 Å². The van der Waals surface area contributed by atoms with Gasteiger partial charge in [-0.05, 0) is 57.9 Å². The van der Waals surface area contributed by atoms with E-state index in [-0.39, 0.29) is 5.91 Å². The highest BCUT2D eigenvalue weighted by atomic mass is 32.2. The number of nitriles is 1. The average molecular weight is 557 g/mol. The number of thiophene rings is 1. The van der Waals surface area contributed by atoms with Crippen LogP contribution in [0, 0.1) is 11.3 Å². The number of nitrogens with one attached hydrogen (secondary N) is 2. The molecule has 0 saturated carbocycles. The van der Waals surface area contributed by atoms with Gasteiger partial charge in [-0.2, -0.15) is 5.26 Å². The molecular weight excluding hydrogens is 528 g/mol. The number of carboxylic acid groups (broad SMARTS) is 1. The highest BCUT2D eigenvalue weighted by Gasteiger charge is 2.30. The van der Waals surface area contributed by atoms with Crippen molar-refractivity contribution in [2.24, 2.45) is 0 Å². The van der Waals surface area contributed by atoms with Gasteiger partial charge in [0.2, 0.25) is 11.8 Å². The van der Waals surface area contributed by atoms with Crippen molar-refractivity contribution < 1.29 is 29.0 Å². The van der Waals surface area contributed by atoms with Crippen LogP contribution in [0.3, 0.4) is 0 Å². The van der Waals surface area contributed by atoms with E-state index in [4.69, 9.17) is 9.84 Å². The Bertz CT molecular complexity index is 1320. The molecule has 3 amide bonds. The van der Waals surface area contributed by atoms with Gasteiger partial charge in [0.05, 0.1) is 17.4 Å². The number of nitrogens with zero attached hydrogens (tertiary/aromatic N) is 2. The van der Waals surface area contributed by atoms with Crippen molar-refractivity contribution in [3.63, 3.8) is 0 Å². The zero-order valence-corrected chi connectivity index (χ0v) is 23.0. The SMILES string of the molecule is CC(Sc1cccc(NC(=O)/C=C/C(=O)O)c1)C(=O)Nc1sc2c(c1C#N)CCN(C(=O)OC(C)(C)C)C2. The first-order valence-corrected chi connectivity index (χ1v) is 13.4. The lowest BCUT2D eigenvalue weighted by Crippen LogP contribution is -2.39. The van der Waals surface area contributed by atoms with Crippen LogP contribution in [0.15, 0.2) is 41.3 Å². The second-order valence-electron chi connectivity index (χ2n) is 9.41. The molecule has 0 bridgehead atoms. The number of rotatable bonds is 7. The monoisotopic (exact) mass is 556 g/mol. The molecule has 3 rings (SSSR count). The van der Waals surface area contributed by atoms with E-state index >= 15 is 0 Å². The molecular formula is C26H28N4O6S2. The summed E-state index contributed by atoms with van der Waals surface area (Å²) >= 11 is 2.55. The number of amides is 3. The van der Waals surface area contributed by atoms with Crippen LogP contribution in [0.1, 0.15) is 43.7 Å². The second kappa shape index (κ2) is 12.1. The van der Waals surface area contributed by atoms with Crippen LogP contribution >= 0.6 is 23.1 Å². The molecule has 0 spiro atoms. The Morgan fingerprint density at radius 3 is 2.63 bits per heavy atom. The molecule has 0 aliphatic carbocycles. The van der Waals surface area contributed by atoms with Gasteiger partial charge in [0, 0.05) is 34.2 Å². The van der Waals surface area contributed by atoms with E-state index in [1.807, 2.05) is 0 Å². The maximum atomic E-state index is 13.0. The number of benzene rings is 1. The predicted octanol–water partition coefficient (Wildman–Crippen LogP) is 4.61. The molecule has 2 heterocycles. The maximum absolute atomic E-state index is 13.0. The summed E-state index contributed by atoms with van der Waals surface area (Å²) in [6.07, 6.45) is 1.74. The molecule has 0 fully saturated rings.